The minimum atomic E-state index is -0.174. The molecule has 5 heteroatoms. The van der Waals surface area contributed by atoms with Gasteiger partial charge in [-0.1, -0.05) is 0 Å². The number of carbonyl (C=O) groups excluding carboxylic acids is 2. The maximum Gasteiger partial charge on any atom is 0.232 e. The van der Waals surface area contributed by atoms with E-state index in [-0.39, 0.29) is 17.7 Å². The fraction of sp³-hybridized carbons (Fsp3) is 0.818. The SMILES string of the molecule is CNCCN(C(C)=O)C(=O)C1CCOCC1. The molecule has 0 atom stereocenters. The van der Waals surface area contributed by atoms with Crippen molar-refractivity contribution in [1.29, 1.82) is 0 Å². The Morgan fingerprint density at radius 3 is 2.50 bits per heavy atom. The Labute approximate surface area is 96.1 Å². The molecule has 0 aromatic rings. The molecule has 1 N–H and O–H groups in total. The predicted octanol–water partition coefficient (Wildman–Crippen LogP) is 0.00750. The number of hydrogen-bond donors (Lipinski definition) is 1. The van der Waals surface area contributed by atoms with Gasteiger partial charge >= 0.3 is 0 Å². The highest BCUT2D eigenvalue weighted by Crippen LogP contribution is 2.17. The van der Waals surface area contributed by atoms with E-state index in [1.54, 1.807) is 7.05 Å². The van der Waals surface area contributed by atoms with Crippen LogP contribution in [0.15, 0.2) is 0 Å². The zero-order valence-corrected chi connectivity index (χ0v) is 9.99. The molecular formula is C11H20N2O3. The van der Waals surface area contributed by atoms with Crippen molar-refractivity contribution in [2.45, 2.75) is 19.8 Å². The number of nitrogens with zero attached hydrogens (tertiary/aromatic N) is 1. The summed E-state index contributed by atoms with van der Waals surface area (Å²) in [6.07, 6.45) is 1.45. The Balaban J connectivity index is 2.54. The van der Waals surface area contributed by atoms with Gasteiger partial charge in [-0.2, -0.15) is 0 Å². The number of likely N-dealkylation sites (N-methyl/N-ethyl adjacent to an activating group) is 1. The van der Waals surface area contributed by atoms with Crippen molar-refractivity contribution >= 4 is 11.8 Å². The van der Waals surface area contributed by atoms with E-state index in [4.69, 9.17) is 4.74 Å². The average Bonchev–Trinajstić information content (AvgIpc) is 2.30. The minimum Gasteiger partial charge on any atom is -0.381 e. The molecule has 0 aromatic carbocycles. The number of rotatable bonds is 4. The van der Waals surface area contributed by atoms with Crippen molar-refractivity contribution in [1.82, 2.24) is 10.2 Å². The highest BCUT2D eigenvalue weighted by atomic mass is 16.5. The lowest BCUT2D eigenvalue weighted by Crippen LogP contribution is -2.44. The molecule has 0 bridgehead atoms. The van der Waals surface area contributed by atoms with Crippen molar-refractivity contribution in [3.05, 3.63) is 0 Å². The molecule has 92 valence electrons. The normalized spacial score (nSPS) is 17.1. The zero-order chi connectivity index (χ0) is 12.0. The lowest BCUT2D eigenvalue weighted by atomic mass is 9.98. The third-order valence-corrected chi connectivity index (χ3v) is 2.80. The van der Waals surface area contributed by atoms with Gasteiger partial charge in [0.1, 0.15) is 0 Å². The highest BCUT2D eigenvalue weighted by Gasteiger charge is 2.27. The Morgan fingerprint density at radius 1 is 1.38 bits per heavy atom. The Bertz CT molecular complexity index is 250. The van der Waals surface area contributed by atoms with Crippen molar-refractivity contribution < 1.29 is 14.3 Å². The Kier molecular flexibility index (Phi) is 5.42. The molecule has 0 saturated carbocycles. The summed E-state index contributed by atoms with van der Waals surface area (Å²) in [5, 5.41) is 2.94. The van der Waals surface area contributed by atoms with Gasteiger partial charge in [0, 0.05) is 39.1 Å². The summed E-state index contributed by atoms with van der Waals surface area (Å²) in [6, 6.07) is 0. The molecule has 5 nitrogen and oxygen atoms in total. The van der Waals surface area contributed by atoms with Crippen LogP contribution in [0, 0.1) is 5.92 Å². The van der Waals surface area contributed by atoms with E-state index in [0.29, 0.717) is 26.3 Å². The maximum absolute atomic E-state index is 12.1. The molecule has 1 aliphatic rings. The second kappa shape index (κ2) is 6.60. The van der Waals surface area contributed by atoms with E-state index in [1.165, 1.54) is 11.8 Å². The van der Waals surface area contributed by atoms with Gasteiger partial charge in [-0.05, 0) is 19.9 Å². The van der Waals surface area contributed by atoms with Crippen LogP contribution >= 0.6 is 0 Å². The second-order valence-corrected chi connectivity index (χ2v) is 4.00. The molecule has 16 heavy (non-hydrogen) atoms. The second-order valence-electron chi connectivity index (χ2n) is 4.00. The predicted molar refractivity (Wildman–Crippen MR) is 59.9 cm³/mol. The van der Waals surface area contributed by atoms with Gasteiger partial charge in [0.25, 0.3) is 0 Å². The summed E-state index contributed by atoms with van der Waals surface area (Å²) < 4.78 is 5.20. The Morgan fingerprint density at radius 2 is 2.00 bits per heavy atom. The van der Waals surface area contributed by atoms with Crippen LogP contribution in [0.3, 0.4) is 0 Å². The van der Waals surface area contributed by atoms with Crippen LogP contribution in [0.2, 0.25) is 0 Å². The van der Waals surface area contributed by atoms with E-state index in [2.05, 4.69) is 5.32 Å². The topological polar surface area (TPSA) is 58.6 Å². The number of carbonyl (C=O) groups is 2. The summed E-state index contributed by atoms with van der Waals surface area (Å²) in [5.41, 5.74) is 0. The van der Waals surface area contributed by atoms with Gasteiger partial charge in [-0.3, -0.25) is 14.5 Å². The molecule has 0 aliphatic carbocycles. The fourth-order valence-corrected chi connectivity index (χ4v) is 1.81. The van der Waals surface area contributed by atoms with Crippen molar-refractivity contribution in [3.8, 4) is 0 Å². The number of nitrogens with one attached hydrogen (secondary N) is 1. The largest absolute Gasteiger partial charge is 0.381 e. The van der Waals surface area contributed by atoms with Crippen molar-refractivity contribution in [3.63, 3.8) is 0 Å². The standard InChI is InChI=1S/C11H20N2O3/c1-9(14)13(6-5-12-2)11(15)10-3-7-16-8-4-10/h10,12H,3-8H2,1-2H3. The fourth-order valence-electron chi connectivity index (χ4n) is 1.81. The summed E-state index contributed by atoms with van der Waals surface area (Å²) >= 11 is 0. The van der Waals surface area contributed by atoms with Crippen LogP contribution < -0.4 is 5.32 Å². The number of amides is 2. The van der Waals surface area contributed by atoms with E-state index in [0.717, 1.165) is 12.8 Å². The Hall–Kier alpha value is -0.940. The third-order valence-electron chi connectivity index (χ3n) is 2.80. The monoisotopic (exact) mass is 228 g/mol. The van der Waals surface area contributed by atoms with Gasteiger partial charge in [-0.15, -0.1) is 0 Å². The van der Waals surface area contributed by atoms with Crippen LogP contribution in [-0.4, -0.2) is 50.1 Å². The van der Waals surface area contributed by atoms with Gasteiger partial charge in [-0.25, -0.2) is 0 Å². The van der Waals surface area contributed by atoms with E-state index in [9.17, 15) is 9.59 Å². The van der Waals surface area contributed by atoms with Gasteiger partial charge in [0.05, 0.1) is 0 Å². The first-order valence-electron chi connectivity index (χ1n) is 5.71. The van der Waals surface area contributed by atoms with Crippen LogP contribution in [-0.2, 0) is 14.3 Å². The molecule has 1 rings (SSSR count). The highest BCUT2D eigenvalue weighted by molar-refractivity contribution is 5.95. The molecular weight excluding hydrogens is 208 g/mol. The zero-order valence-electron chi connectivity index (χ0n) is 9.99. The summed E-state index contributed by atoms with van der Waals surface area (Å²) in [6.45, 7) is 3.76. The lowest BCUT2D eigenvalue weighted by Gasteiger charge is -2.27. The summed E-state index contributed by atoms with van der Waals surface area (Å²) in [4.78, 5) is 24.8. The molecule has 1 aliphatic heterocycles. The van der Waals surface area contributed by atoms with Crippen molar-refractivity contribution in [2.75, 3.05) is 33.4 Å². The minimum absolute atomic E-state index is 0.0468. The van der Waals surface area contributed by atoms with Crippen molar-refractivity contribution in [2.24, 2.45) is 5.92 Å². The third kappa shape index (κ3) is 3.57. The van der Waals surface area contributed by atoms with Crippen LogP contribution in [0.4, 0.5) is 0 Å². The molecule has 1 fully saturated rings. The number of hydrogen-bond acceptors (Lipinski definition) is 4. The van der Waals surface area contributed by atoms with E-state index in [1.807, 2.05) is 0 Å². The molecule has 0 radical (unpaired) electrons. The molecule has 2 amide bonds. The molecule has 0 spiro atoms. The first-order chi connectivity index (χ1) is 7.66. The molecule has 0 unspecified atom stereocenters. The number of imide groups is 1. The summed E-state index contributed by atoms with van der Waals surface area (Å²) in [5.74, 6) is -0.271. The quantitative estimate of drug-likeness (QED) is 0.736. The first kappa shape index (κ1) is 13.1. The smallest absolute Gasteiger partial charge is 0.232 e. The maximum atomic E-state index is 12.1. The van der Waals surface area contributed by atoms with E-state index >= 15 is 0 Å². The van der Waals surface area contributed by atoms with Gasteiger partial charge < -0.3 is 10.1 Å². The first-order valence-corrected chi connectivity index (χ1v) is 5.71. The van der Waals surface area contributed by atoms with Crippen LogP contribution in [0.1, 0.15) is 19.8 Å². The van der Waals surface area contributed by atoms with Gasteiger partial charge in [0.15, 0.2) is 0 Å². The molecule has 1 saturated heterocycles. The lowest BCUT2D eigenvalue weighted by molar-refractivity contribution is -0.148. The van der Waals surface area contributed by atoms with E-state index < -0.39 is 0 Å². The molecule has 1 heterocycles. The number of ether oxygens (including phenoxy) is 1. The van der Waals surface area contributed by atoms with Crippen LogP contribution in [0.5, 0.6) is 0 Å². The van der Waals surface area contributed by atoms with Crippen LogP contribution in [0.25, 0.3) is 0 Å². The van der Waals surface area contributed by atoms with Gasteiger partial charge in [0.2, 0.25) is 11.8 Å². The average molecular weight is 228 g/mol. The molecule has 0 aromatic heterocycles. The summed E-state index contributed by atoms with van der Waals surface area (Å²) in [7, 11) is 1.80.